The van der Waals surface area contributed by atoms with Crippen molar-refractivity contribution < 1.29 is 45.3 Å². The van der Waals surface area contributed by atoms with Crippen LogP contribution in [0, 0.1) is 0 Å². The summed E-state index contributed by atoms with van der Waals surface area (Å²) < 4.78 is 4.16. The molecule has 0 aliphatic heterocycles. The number of carbonyl (C=O) groups excluding carboxylic acids is 1. The molecule has 0 heterocycles. The van der Waals surface area contributed by atoms with Gasteiger partial charge in [-0.05, 0) is 6.92 Å². The second-order valence-electron chi connectivity index (χ2n) is 3.73. The first-order valence-corrected chi connectivity index (χ1v) is 5.12. The molecule has 9 nitrogen and oxygen atoms in total. The van der Waals surface area contributed by atoms with Crippen LogP contribution in [0.3, 0.4) is 0 Å². The molecule has 0 amide bonds. The normalized spacial score (nSPS) is 21.6. The number of carbonyl (C=O) groups is 1. The Morgan fingerprint density at radius 2 is 1.50 bits per heavy atom. The summed E-state index contributed by atoms with van der Waals surface area (Å²) in [5.74, 6) is -1.24. The van der Waals surface area contributed by atoms with E-state index in [1.807, 2.05) is 0 Å². The first-order valence-electron chi connectivity index (χ1n) is 5.12. The number of hydrogen-bond donors (Lipinski definition) is 7. The van der Waals surface area contributed by atoms with E-state index < -0.39 is 49.4 Å². The van der Waals surface area contributed by atoms with Gasteiger partial charge in [0.1, 0.15) is 30.5 Å². The standard InChI is InChI=1S/C9H18O9/c1-3(11)8(16)18-9(17)7(15)6(14)5(13)4(12)2-10/h3-7,9-15,17H,2H2,1H3/t3?,4-,5-,6-,7-,9?/m1/s1. The average molecular weight is 270 g/mol. The Morgan fingerprint density at radius 1 is 1.00 bits per heavy atom. The monoisotopic (exact) mass is 270 g/mol. The van der Waals surface area contributed by atoms with Gasteiger partial charge in [0, 0.05) is 0 Å². The molecule has 0 aromatic carbocycles. The quantitative estimate of drug-likeness (QED) is 0.178. The lowest BCUT2D eigenvalue weighted by atomic mass is 10.0. The molecule has 0 aromatic heterocycles. The lowest BCUT2D eigenvalue weighted by Gasteiger charge is -2.28. The Bertz CT molecular complexity index is 256. The minimum Gasteiger partial charge on any atom is -0.431 e. The molecule has 0 radical (unpaired) electrons. The molecule has 0 aliphatic rings. The summed E-state index contributed by atoms with van der Waals surface area (Å²) >= 11 is 0. The Labute approximate surface area is 102 Å². The van der Waals surface area contributed by atoms with Gasteiger partial charge in [0.05, 0.1) is 6.61 Å². The fraction of sp³-hybridized carbons (Fsp3) is 0.889. The molecule has 18 heavy (non-hydrogen) atoms. The molecular formula is C9H18O9. The molecule has 0 saturated heterocycles. The van der Waals surface area contributed by atoms with Crippen LogP contribution in [-0.2, 0) is 9.53 Å². The third kappa shape index (κ3) is 4.82. The van der Waals surface area contributed by atoms with E-state index in [0.29, 0.717) is 0 Å². The van der Waals surface area contributed by atoms with Crippen molar-refractivity contribution >= 4 is 5.97 Å². The van der Waals surface area contributed by atoms with Gasteiger partial charge in [-0.1, -0.05) is 0 Å². The predicted octanol–water partition coefficient (Wildman–Crippen LogP) is -4.34. The molecule has 0 aliphatic carbocycles. The molecule has 6 atom stereocenters. The van der Waals surface area contributed by atoms with Gasteiger partial charge in [-0.15, -0.1) is 0 Å². The van der Waals surface area contributed by atoms with Crippen molar-refractivity contribution in [3.63, 3.8) is 0 Å². The maximum Gasteiger partial charge on any atom is 0.337 e. The Kier molecular flexibility index (Phi) is 7.25. The van der Waals surface area contributed by atoms with E-state index in [-0.39, 0.29) is 0 Å². The summed E-state index contributed by atoms with van der Waals surface area (Å²) in [6.45, 7) is 0.177. The molecule has 2 unspecified atom stereocenters. The highest BCUT2D eigenvalue weighted by molar-refractivity contribution is 5.73. The van der Waals surface area contributed by atoms with Gasteiger partial charge in [-0.3, -0.25) is 0 Å². The number of hydrogen-bond acceptors (Lipinski definition) is 9. The van der Waals surface area contributed by atoms with Gasteiger partial charge in [-0.25, -0.2) is 4.79 Å². The summed E-state index contributed by atoms with van der Waals surface area (Å²) in [6.07, 6.45) is -11.6. The first kappa shape index (κ1) is 17.2. The van der Waals surface area contributed by atoms with Crippen LogP contribution in [0.2, 0.25) is 0 Å². The van der Waals surface area contributed by atoms with Gasteiger partial charge in [0.25, 0.3) is 0 Å². The smallest absolute Gasteiger partial charge is 0.337 e. The van der Waals surface area contributed by atoms with Crippen molar-refractivity contribution in [3.05, 3.63) is 0 Å². The Hall–Kier alpha value is -0.810. The molecule has 0 bridgehead atoms. The van der Waals surface area contributed by atoms with E-state index >= 15 is 0 Å². The van der Waals surface area contributed by atoms with Crippen LogP contribution >= 0.6 is 0 Å². The third-order valence-electron chi connectivity index (χ3n) is 2.15. The largest absolute Gasteiger partial charge is 0.431 e. The van der Waals surface area contributed by atoms with Crippen molar-refractivity contribution in [2.45, 2.75) is 43.7 Å². The maximum absolute atomic E-state index is 10.9. The van der Waals surface area contributed by atoms with Crippen molar-refractivity contribution in [2.24, 2.45) is 0 Å². The molecule has 108 valence electrons. The van der Waals surface area contributed by atoms with Crippen molar-refractivity contribution in [1.29, 1.82) is 0 Å². The number of aliphatic hydroxyl groups excluding tert-OH is 7. The fourth-order valence-corrected chi connectivity index (χ4v) is 0.993. The van der Waals surface area contributed by atoms with E-state index in [9.17, 15) is 25.2 Å². The number of ether oxygens (including phenoxy) is 1. The summed E-state index contributed by atoms with van der Waals surface area (Å²) in [5, 5.41) is 63.3. The number of rotatable bonds is 7. The molecule has 7 N–H and O–H groups in total. The highest BCUT2D eigenvalue weighted by Gasteiger charge is 2.36. The highest BCUT2D eigenvalue weighted by Crippen LogP contribution is 2.10. The number of aliphatic hydroxyl groups is 7. The fourth-order valence-electron chi connectivity index (χ4n) is 0.993. The Balaban J connectivity index is 4.44. The lowest BCUT2D eigenvalue weighted by molar-refractivity contribution is -0.218. The van der Waals surface area contributed by atoms with Crippen molar-refractivity contribution in [3.8, 4) is 0 Å². The van der Waals surface area contributed by atoms with Crippen molar-refractivity contribution in [1.82, 2.24) is 0 Å². The lowest BCUT2D eigenvalue weighted by Crippen LogP contribution is -2.51. The Morgan fingerprint density at radius 3 is 1.89 bits per heavy atom. The van der Waals surface area contributed by atoms with E-state index in [2.05, 4.69) is 4.74 Å². The van der Waals surface area contributed by atoms with E-state index in [1.165, 1.54) is 0 Å². The predicted molar refractivity (Wildman–Crippen MR) is 54.9 cm³/mol. The molecule has 0 saturated carbocycles. The van der Waals surface area contributed by atoms with Crippen LogP contribution in [0.5, 0.6) is 0 Å². The van der Waals surface area contributed by atoms with E-state index in [1.54, 1.807) is 0 Å². The van der Waals surface area contributed by atoms with Gasteiger partial charge < -0.3 is 40.5 Å². The zero-order chi connectivity index (χ0) is 14.5. The highest BCUT2D eigenvalue weighted by atomic mass is 16.7. The van der Waals surface area contributed by atoms with Crippen LogP contribution in [0.4, 0.5) is 0 Å². The van der Waals surface area contributed by atoms with Gasteiger partial charge in [0.2, 0.25) is 6.29 Å². The minimum atomic E-state index is -2.21. The van der Waals surface area contributed by atoms with Crippen LogP contribution in [-0.4, -0.2) is 85.1 Å². The molecule has 0 fully saturated rings. The number of esters is 1. The zero-order valence-corrected chi connectivity index (χ0v) is 9.62. The van der Waals surface area contributed by atoms with Gasteiger partial charge in [-0.2, -0.15) is 0 Å². The zero-order valence-electron chi connectivity index (χ0n) is 9.62. The van der Waals surface area contributed by atoms with Crippen LogP contribution in [0.15, 0.2) is 0 Å². The van der Waals surface area contributed by atoms with Gasteiger partial charge >= 0.3 is 5.97 Å². The summed E-state index contributed by atoms with van der Waals surface area (Å²) in [7, 11) is 0. The molecule has 0 rings (SSSR count). The minimum absolute atomic E-state index is 0.880. The summed E-state index contributed by atoms with van der Waals surface area (Å²) in [5.41, 5.74) is 0. The second kappa shape index (κ2) is 7.59. The summed E-state index contributed by atoms with van der Waals surface area (Å²) in [4.78, 5) is 10.9. The van der Waals surface area contributed by atoms with Gasteiger partial charge in [0.15, 0.2) is 0 Å². The van der Waals surface area contributed by atoms with Crippen LogP contribution < -0.4 is 0 Å². The molecule has 9 heteroatoms. The molecule has 0 spiro atoms. The molecule has 0 aromatic rings. The van der Waals surface area contributed by atoms with E-state index in [4.69, 9.17) is 15.3 Å². The van der Waals surface area contributed by atoms with Crippen LogP contribution in [0.25, 0.3) is 0 Å². The second-order valence-corrected chi connectivity index (χ2v) is 3.73. The molecular weight excluding hydrogens is 252 g/mol. The average Bonchev–Trinajstić information content (AvgIpc) is 2.34. The topological polar surface area (TPSA) is 168 Å². The summed E-state index contributed by atoms with van der Waals surface area (Å²) in [6, 6.07) is 0. The SMILES string of the molecule is CC(O)C(=O)OC(O)[C@H](O)[C@H](O)[C@H](O)[C@H](O)CO. The third-order valence-corrected chi connectivity index (χ3v) is 2.15. The first-order chi connectivity index (χ1) is 8.22. The van der Waals surface area contributed by atoms with Crippen molar-refractivity contribution in [2.75, 3.05) is 6.61 Å². The van der Waals surface area contributed by atoms with Crippen LogP contribution in [0.1, 0.15) is 6.92 Å². The maximum atomic E-state index is 10.9. The van der Waals surface area contributed by atoms with E-state index in [0.717, 1.165) is 6.92 Å².